The molecule has 0 bridgehead atoms. The molecule has 0 radical (unpaired) electrons. The number of hydrogen-bond acceptors (Lipinski definition) is 4. The normalized spacial score (nSPS) is 29.4. The fourth-order valence-electron chi connectivity index (χ4n) is 3.85. The van der Waals surface area contributed by atoms with E-state index in [-0.39, 0.29) is 12.0 Å². The summed E-state index contributed by atoms with van der Waals surface area (Å²) in [6.45, 7) is 10.8. The molecule has 21 heavy (non-hydrogen) atoms. The van der Waals surface area contributed by atoms with Gasteiger partial charge in [-0.3, -0.25) is 9.69 Å². The highest BCUT2D eigenvalue weighted by Crippen LogP contribution is 2.33. The molecule has 1 N–H and O–H groups in total. The van der Waals surface area contributed by atoms with Crippen LogP contribution in [0.15, 0.2) is 11.6 Å². The maximum Gasteiger partial charge on any atom is 0.323 e. The van der Waals surface area contributed by atoms with Gasteiger partial charge in [0.2, 0.25) is 0 Å². The third kappa shape index (κ3) is 4.55. The van der Waals surface area contributed by atoms with E-state index < -0.39 is 0 Å². The number of nitrogens with one attached hydrogen (secondary N) is 1. The average molecular weight is 294 g/mol. The van der Waals surface area contributed by atoms with Gasteiger partial charge in [0.15, 0.2) is 0 Å². The summed E-state index contributed by atoms with van der Waals surface area (Å²) in [5.74, 6) is 0.930. The van der Waals surface area contributed by atoms with Crippen LogP contribution < -0.4 is 5.32 Å². The van der Waals surface area contributed by atoms with Gasteiger partial charge in [-0.25, -0.2) is 0 Å². The van der Waals surface area contributed by atoms with Gasteiger partial charge >= 0.3 is 5.97 Å². The molecule has 2 aliphatic rings. The Bertz CT molecular complexity index is 373. The molecule has 2 rings (SSSR count). The molecule has 1 fully saturated rings. The van der Waals surface area contributed by atoms with Crippen LogP contribution in [0.5, 0.6) is 0 Å². The zero-order valence-corrected chi connectivity index (χ0v) is 13.7. The molecule has 0 spiro atoms. The third-order valence-electron chi connectivity index (χ3n) is 4.57. The zero-order chi connectivity index (χ0) is 15.2. The molecule has 1 aliphatic heterocycles. The van der Waals surface area contributed by atoms with Crippen molar-refractivity contribution in [2.24, 2.45) is 11.8 Å². The lowest BCUT2D eigenvalue weighted by atomic mass is 9.79. The first-order valence-corrected chi connectivity index (χ1v) is 8.40. The number of carbonyl (C=O) groups excluding carboxylic acids is 1. The van der Waals surface area contributed by atoms with Crippen LogP contribution in [0.2, 0.25) is 0 Å². The van der Waals surface area contributed by atoms with E-state index in [9.17, 15) is 4.79 Å². The fourth-order valence-corrected chi connectivity index (χ4v) is 3.85. The minimum Gasteiger partial charge on any atom is -0.465 e. The van der Waals surface area contributed by atoms with Gasteiger partial charge in [0.1, 0.15) is 6.04 Å². The van der Waals surface area contributed by atoms with Crippen LogP contribution in [0.3, 0.4) is 0 Å². The second-order valence-corrected chi connectivity index (χ2v) is 6.53. The lowest BCUT2D eigenvalue weighted by molar-refractivity contribution is -0.152. The van der Waals surface area contributed by atoms with Gasteiger partial charge in [-0.15, -0.1) is 0 Å². The van der Waals surface area contributed by atoms with Crippen molar-refractivity contribution in [3.63, 3.8) is 0 Å². The SMILES string of the molecule is CCOC(=O)C(C1CC(C)=CC(C)C1)N1CCCNCC1. The van der Waals surface area contributed by atoms with Crippen LogP contribution in [0.25, 0.3) is 0 Å². The molecule has 3 atom stereocenters. The molecule has 4 nitrogen and oxygen atoms in total. The molecule has 1 aliphatic carbocycles. The third-order valence-corrected chi connectivity index (χ3v) is 4.57. The van der Waals surface area contributed by atoms with E-state index >= 15 is 0 Å². The minimum absolute atomic E-state index is 0.0219. The summed E-state index contributed by atoms with van der Waals surface area (Å²) in [7, 11) is 0. The van der Waals surface area contributed by atoms with Crippen molar-refractivity contribution in [3.8, 4) is 0 Å². The summed E-state index contributed by atoms with van der Waals surface area (Å²) in [6.07, 6.45) is 5.57. The molecule has 0 amide bonds. The lowest BCUT2D eigenvalue weighted by Crippen LogP contribution is -2.49. The molecule has 1 saturated heterocycles. The smallest absolute Gasteiger partial charge is 0.323 e. The largest absolute Gasteiger partial charge is 0.465 e. The van der Waals surface area contributed by atoms with Gasteiger partial charge < -0.3 is 10.1 Å². The molecule has 1 heterocycles. The summed E-state index contributed by atoms with van der Waals surface area (Å²) in [5, 5.41) is 3.42. The number of hydrogen-bond donors (Lipinski definition) is 1. The Morgan fingerprint density at radius 2 is 2.29 bits per heavy atom. The molecule has 0 aromatic carbocycles. The van der Waals surface area contributed by atoms with Crippen LogP contribution in [0, 0.1) is 11.8 Å². The Morgan fingerprint density at radius 1 is 1.48 bits per heavy atom. The summed E-state index contributed by atoms with van der Waals surface area (Å²) >= 11 is 0. The second-order valence-electron chi connectivity index (χ2n) is 6.53. The first kappa shape index (κ1) is 16.5. The van der Waals surface area contributed by atoms with E-state index in [1.54, 1.807) is 0 Å². The molecular formula is C17H30N2O2. The summed E-state index contributed by atoms with van der Waals surface area (Å²) in [5.41, 5.74) is 1.42. The van der Waals surface area contributed by atoms with Crippen LogP contribution >= 0.6 is 0 Å². The highest BCUT2D eigenvalue weighted by Gasteiger charge is 2.36. The average Bonchev–Trinajstić information content (AvgIpc) is 2.67. The van der Waals surface area contributed by atoms with Crippen molar-refractivity contribution in [3.05, 3.63) is 11.6 Å². The van der Waals surface area contributed by atoms with Crippen molar-refractivity contribution in [2.75, 3.05) is 32.8 Å². The fraction of sp³-hybridized carbons (Fsp3) is 0.824. The monoisotopic (exact) mass is 294 g/mol. The Morgan fingerprint density at radius 3 is 3.00 bits per heavy atom. The molecule has 120 valence electrons. The van der Waals surface area contributed by atoms with Crippen molar-refractivity contribution in [1.29, 1.82) is 0 Å². The predicted octanol–water partition coefficient (Wildman–Crippen LogP) is 2.21. The number of allylic oxidation sites excluding steroid dienone is 2. The zero-order valence-electron chi connectivity index (χ0n) is 13.7. The molecule has 0 saturated carbocycles. The number of esters is 1. The van der Waals surface area contributed by atoms with Crippen molar-refractivity contribution in [1.82, 2.24) is 10.2 Å². The summed E-state index contributed by atoms with van der Waals surface area (Å²) in [6, 6.07) is -0.0732. The van der Waals surface area contributed by atoms with E-state index in [0.717, 1.165) is 45.4 Å². The van der Waals surface area contributed by atoms with Crippen LogP contribution in [0.1, 0.15) is 40.0 Å². The number of ether oxygens (including phenoxy) is 1. The van der Waals surface area contributed by atoms with Crippen molar-refractivity contribution < 1.29 is 9.53 Å². The first-order chi connectivity index (χ1) is 10.1. The van der Waals surface area contributed by atoms with Gasteiger partial charge in [-0.1, -0.05) is 18.6 Å². The number of nitrogens with zero attached hydrogens (tertiary/aromatic N) is 1. The summed E-state index contributed by atoms with van der Waals surface area (Å²) < 4.78 is 5.40. The van der Waals surface area contributed by atoms with E-state index in [1.807, 2.05) is 6.92 Å². The highest BCUT2D eigenvalue weighted by atomic mass is 16.5. The Balaban J connectivity index is 2.14. The maximum absolute atomic E-state index is 12.6. The molecule has 0 aromatic rings. The molecule has 3 unspecified atom stereocenters. The van der Waals surface area contributed by atoms with E-state index in [0.29, 0.717) is 18.4 Å². The van der Waals surface area contributed by atoms with Crippen molar-refractivity contribution >= 4 is 5.97 Å². The second kappa shape index (κ2) is 7.95. The van der Waals surface area contributed by atoms with Gasteiger partial charge in [0.05, 0.1) is 6.61 Å². The Labute approximate surface area is 128 Å². The first-order valence-electron chi connectivity index (χ1n) is 8.40. The van der Waals surface area contributed by atoms with E-state index in [1.165, 1.54) is 5.57 Å². The molecular weight excluding hydrogens is 264 g/mol. The topological polar surface area (TPSA) is 41.6 Å². The Kier molecular flexibility index (Phi) is 6.24. The minimum atomic E-state index is -0.0732. The summed E-state index contributed by atoms with van der Waals surface area (Å²) in [4.78, 5) is 14.9. The maximum atomic E-state index is 12.6. The quantitative estimate of drug-likeness (QED) is 0.637. The van der Waals surface area contributed by atoms with Crippen LogP contribution in [0.4, 0.5) is 0 Å². The molecule has 4 heteroatoms. The van der Waals surface area contributed by atoms with Gasteiger partial charge in [-0.05, 0) is 51.5 Å². The van der Waals surface area contributed by atoms with Crippen LogP contribution in [-0.4, -0.2) is 49.7 Å². The van der Waals surface area contributed by atoms with Gasteiger partial charge in [0.25, 0.3) is 0 Å². The Hall–Kier alpha value is -0.870. The lowest BCUT2D eigenvalue weighted by Gasteiger charge is -2.37. The van der Waals surface area contributed by atoms with Gasteiger partial charge in [0, 0.05) is 19.6 Å². The molecule has 0 aromatic heterocycles. The van der Waals surface area contributed by atoms with E-state index in [4.69, 9.17) is 4.74 Å². The highest BCUT2D eigenvalue weighted by molar-refractivity contribution is 5.76. The van der Waals surface area contributed by atoms with Gasteiger partial charge in [-0.2, -0.15) is 0 Å². The predicted molar refractivity (Wildman–Crippen MR) is 85.1 cm³/mol. The van der Waals surface area contributed by atoms with Crippen molar-refractivity contribution in [2.45, 2.75) is 46.1 Å². The standard InChI is InChI=1S/C17H30N2O2/c1-4-21-17(20)16(19-8-5-6-18-7-9-19)15-11-13(2)10-14(3)12-15/h10,13,15-16,18H,4-9,11-12H2,1-3H3. The number of rotatable bonds is 4. The van der Waals surface area contributed by atoms with E-state index in [2.05, 4.69) is 30.1 Å². The van der Waals surface area contributed by atoms with Crippen LogP contribution in [-0.2, 0) is 9.53 Å². The number of carbonyl (C=O) groups is 1.